The Kier molecular flexibility index (Phi) is 5.24. The molecule has 0 aromatic heterocycles. The van der Waals surface area contributed by atoms with E-state index >= 15 is 0 Å². The highest BCUT2D eigenvalue weighted by Gasteiger charge is 2.47. The van der Waals surface area contributed by atoms with E-state index < -0.39 is 0 Å². The van der Waals surface area contributed by atoms with Crippen LogP contribution in [0.3, 0.4) is 0 Å². The maximum absolute atomic E-state index is 12.6. The van der Waals surface area contributed by atoms with Crippen molar-refractivity contribution in [2.45, 2.75) is 32.7 Å². The minimum absolute atomic E-state index is 0.0669. The maximum Gasteiger partial charge on any atom is 0.269 e. The van der Waals surface area contributed by atoms with Gasteiger partial charge in [-0.15, -0.1) is 0 Å². The Morgan fingerprint density at radius 2 is 1.97 bits per heavy atom. The Hall–Kier alpha value is -2.93. The summed E-state index contributed by atoms with van der Waals surface area (Å²) in [5.41, 5.74) is 3.47. The van der Waals surface area contributed by atoms with Crippen molar-refractivity contribution in [2.75, 3.05) is 25.1 Å². The molecule has 1 fully saturated rings. The molecular formula is C23H27N3O4. The maximum atomic E-state index is 12.6. The van der Waals surface area contributed by atoms with E-state index in [0.717, 1.165) is 16.8 Å². The minimum Gasteiger partial charge on any atom is -0.381 e. The number of anilines is 1. The average molecular weight is 409 g/mol. The molecule has 158 valence electrons. The first-order valence-electron chi connectivity index (χ1n) is 10.2. The number of hydrogen-bond acceptors (Lipinski definition) is 5. The number of ether oxygens (including phenoxy) is 1. The molecule has 7 nitrogen and oxygen atoms in total. The Morgan fingerprint density at radius 3 is 2.67 bits per heavy atom. The van der Waals surface area contributed by atoms with Crippen molar-refractivity contribution in [3.05, 3.63) is 69.3 Å². The van der Waals surface area contributed by atoms with Gasteiger partial charge in [0.25, 0.3) is 11.6 Å². The Balaban J connectivity index is 1.53. The summed E-state index contributed by atoms with van der Waals surface area (Å²) in [6.07, 6.45) is 0. The van der Waals surface area contributed by atoms with Crippen LogP contribution >= 0.6 is 0 Å². The van der Waals surface area contributed by atoms with Crippen LogP contribution in [0.5, 0.6) is 0 Å². The third-order valence-corrected chi connectivity index (χ3v) is 6.37. The summed E-state index contributed by atoms with van der Waals surface area (Å²) in [4.78, 5) is 23.4. The highest BCUT2D eigenvalue weighted by atomic mass is 16.6. The van der Waals surface area contributed by atoms with Crippen LogP contribution in [0.4, 0.5) is 11.4 Å². The van der Waals surface area contributed by atoms with E-state index in [-0.39, 0.29) is 39.8 Å². The number of amides is 1. The third-order valence-electron chi connectivity index (χ3n) is 6.37. The second-order valence-corrected chi connectivity index (χ2v) is 9.00. The predicted octanol–water partition coefficient (Wildman–Crippen LogP) is 3.88. The molecule has 2 heterocycles. The lowest BCUT2D eigenvalue weighted by Crippen LogP contribution is -2.51. The normalized spacial score (nSPS) is 22.6. The first kappa shape index (κ1) is 20.3. The van der Waals surface area contributed by atoms with Crippen molar-refractivity contribution in [3.63, 3.8) is 0 Å². The number of nitrogens with zero attached hydrogens (tertiary/aromatic N) is 1. The monoisotopic (exact) mass is 409 g/mol. The molecule has 7 heteroatoms. The molecule has 1 saturated heterocycles. The van der Waals surface area contributed by atoms with Crippen molar-refractivity contribution in [2.24, 2.45) is 11.3 Å². The lowest BCUT2D eigenvalue weighted by molar-refractivity contribution is -0.384. The van der Waals surface area contributed by atoms with Gasteiger partial charge in [0, 0.05) is 53.2 Å². The number of benzene rings is 2. The molecule has 2 aliphatic heterocycles. The number of rotatable bonds is 5. The largest absolute Gasteiger partial charge is 0.381 e. The van der Waals surface area contributed by atoms with Gasteiger partial charge in [0.2, 0.25) is 0 Å². The van der Waals surface area contributed by atoms with E-state index in [2.05, 4.69) is 24.5 Å². The van der Waals surface area contributed by atoms with Crippen LogP contribution in [-0.2, 0) is 4.74 Å². The van der Waals surface area contributed by atoms with Gasteiger partial charge in [0.05, 0.1) is 18.1 Å². The molecule has 2 aliphatic rings. The number of carbonyl (C=O) groups excluding carboxylic acids is 1. The first-order valence-corrected chi connectivity index (χ1v) is 10.2. The molecule has 2 aromatic rings. The number of aryl methyl sites for hydroxylation is 1. The second kappa shape index (κ2) is 7.72. The van der Waals surface area contributed by atoms with Crippen molar-refractivity contribution < 1.29 is 14.5 Å². The summed E-state index contributed by atoms with van der Waals surface area (Å²) < 4.78 is 5.78. The van der Waals surface area contributed by atoms with E-state index in [1.54, 1.807) is 12.1 Å². The Morgan fingerprint density at radius 1 is 1.23 bits per heavy atom. The van der Waals surface area contributed by atoms with Gasteiger partial charge in [-0.05, 0) is 30.7 Å². The SMILES string of the molecule is Cc1ccc(C(=O)NCC(C)(C)[C@H]2Nc3ccc([N+](=O)[O-])cc3[C@H]3COC[C@H]32)cc1. The van der Waals surface area contributed by atoms with Crippen molar-refractivity contribution in [1.29, 1.82) is 0 Å². The van der Waals surface area contributed by atoms with Crippen molar-refractivity contribution in [1.82, 2.24) is 5.32 Å². The summed E-state index contributed by atoms with van der Waals surface area (Å²) in [5.74, 6) is 0.207. The first-order chi connectivity index (χ1) is 14.3. The molecule has 0 aliphatic carbocycles. The summed E-state index contributed by atoms with van der Waals surface area (Å²) in [6, 6.07) is 12.6. The number of non-ortho nitro benzene ring substituents is 1. The van der Waals surface area contributed by atoms with Gasteiger partial charge in [0.1, 0.15) is 0 Å². The predicted molar refractivity (Wildman–Crippen MR) is 115 cm³/mol. The highest BCUT2D eigenvalue weighted by Crippen LogP contribution is 2.47. The van der Waals surface area contributed by atoms with Crippen LogP contribution in [0.2, 0.25) is 0 Å². The van der Waals surface area contributed by atoms with Crippen molar-refractivity contribution in [3.8, 4) is 0 Å². The summed E-state index contributed by atoms with van der Waals surface area (Å²) in [5, 5.41) is 17.9. The fourth-order valence-corrected chi connectivity index (χ4v) is 4.60. The van der Waals surface area contributed by atoms with Crippen LogP contribution in [0.25, 0.3) is 0 Å². The Bertz CT molecular complexity index is 971. The number of fused-ring (bicyclic) bond motifs is 3. The fourth-order valence-electron chi connectivity index (χ4n) is 4.60. The van der Waals surface area contributed by atoms with Gasteiger partial charge >= 0.3 is 0 Å². The molecule has 30 heavy (non-hydrogen) atoms. The summed E-state index contributed by atoms with van der Waals surface area (Å²) in [7, 11) is 0. The Labute approximate surface area is 176 Å². The van der Waals surface area contributed by atoms with E-state index in [4.69, 9.17) is 4.74 Å². The lowest BCUT2D eigenvalue weighted by Gasteiger charge is -2.44. The van der Waals surface area contributed by atoms with Gasteiger partial charge in [-0.2, -0.15) is 0 Å². The van der Waals surface area contributed by atoms with Crippen LogP contribution in [0.15, 0.2) is 42.5 Å². The molecule has 2 N–H and O–H groups in total. The molecule has 0 bridgehead atoms. The third kappa shape index (κ3) is 3.77. The molecule has 2 aromatic carbocycles. The lowest BCUT2D eigenvalue weighted by atomic mass is 9.69. The zero-order valence-electron chi connectivity index (χ0n) is 17.5. The zero-order valence-corrected chi connectivity index (χ0v) is 17.5. The van der Waals surface area contributed by atoms with Crippen LogP contribution in [0.1, 0.15) is 41.3 Å². The van der Waals surface area contributed by atoms with Gasteiger partial charge in [0.15, 0.2) is 0 Å². The van der Waals surface area contributed by atoms with E-state index in [0.29, 0.717) is 25.3 Å². The number of nitrogens with one attached hydrogen (secondary N) is 2. The van der Waals surface area contributed by atoms with Gasteiger partial charge < -0.3 is 15.4 Å². The number of hydrogen-bond donors (Lipinski definition) is 2. The minimum atomic E-state index is -0.359. The van der Waals surface area contributed by atoms with E-state index in [1.165, 1.54) is 6.07 Å². The van der Waals surface area contributed by atoms with Gasteiger partial charge in [-0.3, -0.25) is 14.9 Å². The highest BCUT2D eigenvalue weighted by molar-refractivity contribution is 5.94. The van der Waals surface area contributed by atoms with Gasteiger partial charge in [-0.25, -0.2) is 0 Å². The van der Waals surface area contributed by atoms with Crippen LogP contribution in [-0.4, -0.2) is 36.6 Å². The molecule has 0 spiro atoms. The molecule has 0 unspecified atom stereocenters. The van der Waals surface area contributed by atoms with Crippen LogP contribution in [0, 0.1) is 28.4 Å². The molecular weight excluding hydrogens is 382 g/mol. The van der Waals surface area contributed by atoms with Gasteiger partial charge in [-0.1, -0.05) is 31.5 Å². The molecule has 1 amide bonds. The second-order valence-electron chi connectivity index (χ2n) is 9.00. The zero-order chi connectivity index (χ0) is 21.5. The number of nitro groups is 1. The summed E-state index contributed by atoms with van der Waals surface area (Å²) >= 11 is 0. The smallest absolute Gasteiger partial charge is 0.269 e. The molecule has 3 atom stereocenters. The molecule has 4 rings (SSSR count). The quantitative estimate of drug-likeness (QED) is 0.577. The average Bonchev–Trinajstić information content (AvgIpc) is 3.21. The number of nitro benzene ring substituents is 1. The molecule has 0 saturated carbocycles. The van der Waals surface area contributed by atoms with E-state index in [9.17, 15) is 14.9 Å². The van der Waals surface area contributed by atoms with Crippen molar-refractivity contribution >= 4 is 17.3 Å². The number of carbonyl (C=O) groups is 1. The topological polar surface area (TPSA) is 93.5 Å². The molecule has 0 radical (unpaired) electrons. The fraction of sp³-hybridized carbons (Fsp3) is 0.435. The van der Waals surface area contributed by atoms with Crippen LogP contribution < -0.4 is 10.6 Å². The standard InChI is InChI=1S/C23H27N3O4/c1-14-4-6-15(7-5-14)22(27)24-13-23(2,3)21-19-12-30-11-18(19)17-10-16(26(28)29)8-9-20(17)25-21/h4-10,18-19,21,25H,11-13H2,1-3H3,(H,24,27)/t18-,19-,21+/m1/s1. The van der Waals surface area contributed by atoms with E-state index in [1.807, 2.05) is 31.2 Å². The summed E-state index contributed by atoms with van der Waals surface area (Å²) in [6.45, 7) is 7.91.